The first-order valence-corrected chi connectivity index (χ1v) is 11.2. The molecule has 1 aliphatic heterocycles. The lowest BCUT2D eigenvalue weighted by molar-refractivity contribution is 0.100. The maximum atomic E-state index is 11.9. The molecule has 2 aromatic carbocycles. The molecule has 8 heteroatoms. The van der Waals surface area contributed by atoms with Crippen molar-refractivity contribution < 1.29 is 4.79 Å². The van der Waals surface area contributed by atoms with E-state index in [-0.39, 0.29) is 0 Å². The number of primary amides is 1. The first-order chi connectivity index (χ1) is 16.2. The molecule has 1 fully saturated rings. The lowest BCUT2D eigenvalue weighted by atomic mass is 10.2. The van der Waals surface area contributed by atoms with Gasteiger partial charge in [0.1, 0.15) is 5.82 Å². The third-order valence-electron chi connectivity index (χ3n) is 5.96. The standard InChI is InChI=1S/C25H27N7O/c26-24(33)21-17-32(22-6-2-1-5-20(21)22)23-11-12-28-25(30-23)29-19-9-7-18(8-10-19)27-13-16-31-14-3-4-15-31/h1-2,5-12,17,27H,3-4,13-16H2,(H2,26,33)(H,28,29,30). The first-order valence-electron chi connectivity index (χ1n) is 11.2. The van der Waals surface area contributed by atoms with Gasteiger partial charge < -0.3 is 25.8 Å². The second-order valence-corrected chi connectivity index (χ2v) is 8.21. The molecule has 0 aliphatic carbocycles. The summed E-state index contributed by atoms with van der Waals surface area (Å²) in [6, 6.07) is 17.5. The zero-order chi connectivity index (χ0) is 22.6. The minimum atomic E-state index is -0.466. The zero-order valence-corrected chi connectivity index (χ0v) is 18.4. The number of para-hydroxylation sites is 1. The normalized spacial score (nSPS) is 13.9. The van der Waals surface area contributed by atoms with Gasteiger partial charge in [-0.15, -0.1) is 0 Å². The Kier molecular flexibility index (Phi) is 5.91. The number of carbonyl (C=O) groups is 1. The van der Waals surface area contributed by atoms with Crippen LogP contribution in [0.2, 0.25) is 0 Å². The minimum absolute atomic E-state index is 0.464. The molecule has 1 amide bonds. The number of hydrogen-bond acceptors (Lipinski definition) is 6. The fourth-order valence-electron chi connectivity index (χ4n) is 4.27. The van der Waals surface area contributed by atoms with Crippen molar-refractivity contribution in [1.82, 2.24) is 19.4 Å². The fourth-order valence-corrected chi connectivity index (χ4v) is 4.27. The van der Waals surface area contributed by atoms with Gasteiger partial charge in [0.25, 0.3) is 5.91 Å². The van der Waals surface area contributed by atoms with E-state index in [1.807, 2.05) is 41.0 Å². The maximum absolute atomic E-state index is 11.9. The number of rotatable bonds is 8. The summed E-state index contributed by atoms with van der Waals surface area (Å²) < 4.78 is 1.86. The molecule has 0 saturated carbocycles. The lowest BCUT2D eigenvalue weighted by Gasteiger charge is -2.15. The van der Waals surface area contributed by atoms with Gasteiger partial charge in [-0.3, -0.25) is 4.79 Å². The van der Waals surface area contributed by atoms with Crippen molar-refractivity contribution in [2.24, 2.45) is 5.73 Å². The topological polar surface area (TPSA) is 101 Å². The van der Waals surface area contributed by atoms with E-state index in [9.17, 15) is 4.79 Å². The van der Waals surface area contributed by atoms with E-state index in [0.29, 0.717) is 17.3 Å². The SMILES string of the molecule is NC(=O)c1cn(-c2ccnc(Nc3ccc(NCCN4CCCC4)cc3)n2)c2ccccc12. The highest BCUT2D eigenvalue weighted by atomic mass is 16.1. The number of carbonyl (C=O) groups excluding carboxylic acids is 1. The van der Waals surface area contributed by atoms with E-state index in [2.05, 4.69) is 37.6 Å². The number of aromatic nitrogens is 3. The summed E-state index contributed by atoms with van der Waals surface area (Å²) in [5.74, 6) is 0.656. The average Bonchev–Trinajstić information content (AvgIpc) is 3.49. The second kappa shape index (κ2) is 9.30. The van der Waals surface area contributed by atoms with Gasteiger partial charge in [-0.2, -0.15) is 4.98 Å². The highest BCUT2D eigenvalue weighted by Gasteiger charge is 2.14. The van der Waals surface area contributed by atoms with E-state index in [1.165, 1.54) is 25.9 Å². The molecule has 8 nitrogen and oxygen atoms in total. The lowest BCUT2D eigenvalue weighted by Crippen LogP contribution is -2.25. The number of likely N-dealkylation sites (tertiary alicyclic amines) is 1. The van der Waals surface area contributed by atoms with Crippen LogP contribution in [0, 0.1) is 0 Å². The summed E-state index contributed by atoms with van der Waals surface area (Å²) in [5.41, 5.74) is 8.88. The van der Waals surface area contributed by atoms with Gasteiger partial charge in [-0.25, -0.2) is 4.98 Å². The monoisotopic (exact) mass is 441 g/mol. The molecule has 1 aliphatic rings. The Morgan fingerprint density at radius 1 is 1.00 bits per heavy atom. The van der Waals surface area contributed by atoms with Gasteiger partial charge in [-0.1, -0.05) is 18.2 Å². The van der Waals surface area contributed by atoms with Gasteiger partial charge in [0.05, 0.1) is 11.1 Å². The van der Waals surface area contributed by atoms with Crippen molar-refractivity contribution in [3.05, 3.63) is 72.6 Å². The summed E-state index contributed by atoms with van der Waals surface area (Å²) in [5, 5.41) is 7.53. The molecule has 0 radical (unpaired) electrons. The molecule has 0 bridgehead atoms. The number of nitrogens with zero attached hydrogens (tertiary/aromatic N) is 4. The predicted molar refractivity (Wildman–Crippen MR) is 131 cm³/mol. The number of benzene rings is 2. The van der Waals surface area contributed by atoms with Crippen LogP contribution in [0.25, 0.3) is 16.7 Å². The van der Waals surface area contributed by atoms with E-state index in [4.69, 9.17) is 5.73 Å². The number of amides is 1. The van der Waals surface area contributed by atoms with Gasteiger partial charge in [-0.05, 0) is 62.3 Å². The van der Waals surface area contributed by atoms with Crippen LogP contribution >= 0.6 is 0 Å². The summed E-state index contributed by atoms with van der Waals surface area (Å²) in [6.07, 6.45) is 6.05. The second-order valence-electron chi connectivity index (χ2n) is 8.21. The highest BCUT2D eigenvalue weighted by Crippen LogP contribution is 2.24. The fraction of sp³-hybridized carbons (Fsp3) is 0.240. The molecule has 3 heterocycles. The zero-order valence-electron chi connectivity index (χ0n) is 18.4. The van der Waals surface area contributed by atoms with Crippen LogP contribution in [0.3, 0.4) is 0 Å². The van der Waals surface area contributed by atoms with E-state index in [0.717, 1.165) is 35.4 Å². The van der Waals surface area contributed by atoms with E-state index < -0.39 is 5.91 Å². The van der Waals surface area contributed by atoms with Gasteiger partial charge in [0.15, 0.2) is 0 Å². The van der Waals surface area contributed by atoms with Crippen LogP contribution in [0.4, 0.5) is 17.3 Å². The van der Waals surface area contributed by atoms with Crippen LogP contribution in [0.15, 0.2) is 67.0 Å². The van der Waals surface area contributed by atoms with Gasteiger partial charge in [0.2, 0.25) is 5.95 Å². The summed E-state index contributed by atoms with van der Waals surface area (Å²) >= 11 is 0. The van der Waals surface area contributed by atoms with Gasteiger partial charge >= 0.3 is 0 Å². The van der Waals surface area contributed by atoms with Crippen molar-refractivity contribution in [3.8, 4) is 5.82 Å². The van der Waals surface area contributed by atoms with Crippen LogP contribution in [0.5, 0.6) is 0 Å². The molecule has 0 spiro atoms. The van der Waals surface area contributed by atoms with Crippen molar-refractivity contribution in [2.45, 2.75) is 12.8 Å². The number of nitrogens with two attached hydrogens (primary N) is 1. The smallest absolute Gasteiger partial charge is 0.250 e. The minimum Gasteiger partial charge on any atom is -0.384 e. The van der Waals surface area contributed by atoms with Crippen LogP contribution in [-0.4, -0.2) is 51.5 Å². The maximum Gasteiger partial charge on any atom is 0.250 e. The Hall–Kier alpha value is -3.91. The molecule has 33 heavy (non-hydrogen) atoms. The largest absolute Gasteiger partial charge is 0.384 e. The average molecular weight is 442 g/mol. The summed E-state index contributed by atoms with van der Waals surface area (Å²) in [4.78, 5) is 23.4. The Morgan fingerprint density at radius 3 is 2.55 bits per heavy atom. The number of nitrogens with one attached hydrogen (secondary N) is 2. The Labute approximate surface area is 192 Å². The molecule has 168 valence electrons. The molecular weight excluding hydrogens is 414 g/mol. The Balaban J connectivity index is 1.29. The molecule has 0 unspecified atom stereocenters. The number of hydrogen-bond donors (Lipinski definition) is 3. The van der Waals surface area contributed by atoms with Crippen molar-refractivity contribution in [3.63, 3.8) is 0 Å². The predicted octanol–water partition coefficient (Wildman–Crippen LogP) is 3.77. The number of anilines is 3. The van der Waals surface area contributed by atoms with Crippen LogP contribution < -0.4 is 16.4 Å². The summed E-state index contributed by atoms with van der Waals surface area (Å²) in [6.45, 7) is 4.45. The quantitative estimate of drug-likeness (QED) is 0.385. The van der Waals surface area contributed by atoms with Crippen LogP contribution in [-0.2, 0) is 0 Å². The molecule has 0 atom stereocenters. The highest BCUT2D eigenvalue weighted by molar-refractivity contribution is 6.06. The number of fused-ring (bicyclic) bond motifs is 1. The van der Waals surface area contributed by atoms with Crippen molar-refractivity contribution in [2.75, 3.05) is 36.8 Å². The molecule has 1 saturated heterocycles. The third kappa shape index (κ3) is 4.65. The molecular formula is C25H27N7O. The van der Waals surface area contributed by atoms with Crippen LogP contribution in [0.1, 0.15) is 23.2 Å². The van der Waals surface area contributed by atoms with E-state index >= 15 is 0 Å². The Bertz CT molecular complexity index is 1260. The first kappa shape index (κ1) is 21.0. The van der Waals surface area contributed by atoms with E-state index in [1.54, 1.807) is 18.5 Å². The van der Waals surface area contributed by atoms with Gasteiger partial charge in [0, 0.05) is 42.2 Å². The molecule has 4 N–H and O–H groups in total. The third-order valence-corrected chi connectivity index (χ3v) is 5.96. The molecule has 5 rings (SSSR count). The molecule has 2 aromatic heterocycles. The van der Waals surface area contributed by atoms with Crippen molar-refractivity contribution in [1.29, 1.82) is 0 Å². The summed E-state index contributed by atoms with van der Waals surface area (Å²) in [7, 11) is 0. The van der Waals surface area contributed by atoms with Crippen molar-refractivity contribution >= 4 is 34.1 Å². The molecule has 4 aromatic rings. The Morgan fingerprint density at radius 2 is 1.76 bits per heavy atom.